The van der Waals surface area contributed by atoms with E-state index < -0.39 is 6.10 Å². The van der Waals surface area contributed by atoms with Crippen LogP contribution in [0, 0.1) is 6.92 Å². The number of carbonyl (C=O) groups is 1. The number of hydrogen-bond donors (Lipinski definition) is 1. The molecule has 1 amide bonds. The quantitative estimate of drug-likeness (QED) is 0.581. The van der Waals surface area contributed by atoms with Crippen LogP contribution in [0.4, 0.5) is 11.4 Å². The Morgan fingerprint density at radius 3 is 2.68 bits per heavy atom. The lowest BCUT2D eigenvalue weighted by Crippen LogP contribution is -2.46. The molecule has 1 aliphatic heterocycles. The first kappa shape index (κ1) is 19.5. The summed E-state index contributed by atoms with van der Waals surface area (Å²) in [7, 11) is 0. The molecule has 0 bridgehead atoms. The van der Waals surface area contributed by atoms with Crippen molar-refractivity contribution in [2.45, 2.75) is 33.3 Å². The monoisotopic (exact) mass is 345 g/mol. The van der Waals surface area contributed by atoms with Gasteiger partial charge in [-0.25, -0.2) is 0 Å². The van der Waals surface area contributed by atoms with Crippen molar-refractivity contribution in [3.8, 4) is 0 Å². The molecule has 1 heterocycles. The Labute approximate surface area is 151 Å². The minimum absolute atomic E-state index is 0.114. The molecule has 0 aromatic heterocycles. The fraction of sp³-hybridized carbons (Fsp3) is 0.550. The molecular weight excluding hydrogens is 314 g/mol. The van der Waals surface area contributed by atoms with Crippen molar-refractivity contribution in [3.05, 3.63) is 36.4 Å². The molecular formula is C20H31N3O2. The van der Waals surface area contributed by atoms with Crippen molar-refractivity contribution in [3.63, 3.8) is 0 Å². The van der Waals surface area contributed by atoms with Crippen LogP contribution in [0.3, 0.4) is 0 Å². The smallest absolute Gasteiger partial charge is 0.253 e. The molecule has 25 heavy (non-hydrogen) atoms. The highest BCUT2D eigenvalue weighted by atomic mass is 16.5. The Bertz CT molecular complexity index is 580. The minimum Gasteiger partial charge on any atom is -0.369 e. The highest BCUT2D eigenvalue weighted by molar-refractivity contribution is 5.94. The normalized spacial score (nSPS) is 16.5. The van der Waals surface area contributed by atoms with Gasteiger partial charge in [-0.05, 0) is 50.6 Å². The highest BCUT2D eigenvalue weighted by Gasteiger charge is 2.18. The zero-order valence-corrected chi connectivity index (χ0v) is 15.8. The van der Waals surface area contributed by atoms with Crippen LogP contribution in [0.2, 0.25) is 0 Å². The second-order valence-corrected chi connectivity index (χ2v) is 6.50. The van der Waals surface area contributed by atoms with Gasteiger partial charge in [0.05, 0.1) is 6.61 Å². The van der Waals surface area contributed by atoms with Crippen LogP contribution >= 0.6 is 0 Å². The van der Waals surface area contributed by atoms with Crippen molar-refractivity contribution in [1.29, 1.82) is 0 Å². The number of nitrogens with one attached hydrogen (secondary N) is 1. The molecule has 1 unspecified atom stereocenters. The van der Waals surface area contributed by atoms with E-state index in [1.807, 2.05) is 13.0 Å². The first-order valence-corrected chi connectivity index (χ1v) is 9.16. The molecule has 1 saturated heterocycles. The average molecular weight is 345 g/mol. The lowest BCUT2D eigenvalue weighted by atomic mass is 10.1. The van der Waals surface area contributed by atoms with Crippen molar-refractivity contribution in [1.82, 2.24) is 4.90 Å². The first-order valence-electron chi connectivity index (χ1n) is 9.16. The van der Waals surface area contributed by atoms with Gasteiger partial charge in [-0.1, -0.05) is 13.0 Å². The van der Waals surface area contributed by atoms with Gasteiger partial charge in [0.25, 0.3) is 5.91 Å². The summed E-state index contributed by atoms with van der Waals surface area (Å²) in [5.74, 6) is -0.114. The van der Waals surface area contributed by atoms with Crippen LogP contribution in [0.25, 0.3) is 0 Å². The lowest BCUT2D eigenvalue weighted by molar-refractivity contribution is -0.126. The second kappa shape index (κ2) is 9.59. The van der Waals surface area contributed by atoms with Crippen LogP contribution in [-0.2, 0) is 9.53 Å². The number of rotatable bonds is 8. The van der Waals surface area contributed by atoms with Crippen LogP contribution in [0.1, 0.15) is 25.8 Å². The number of carbonyl (C=O) groups excluding carboxylic acids is 1. The molecule has 0 radical (unpaired) electrons. The van der Waals surface area contributed by atoms with Crippen molar-refractivity contribution < 1.29 is 9.53 Å². The number of benzene rings is 1. The van der Waals surface area contributed by atoms with Crippen LogP contribution < -0.4 is 10.2 Å². The molecule has 1 aliphatic rings. The largest absolute Gasteiger partial charge is 0.369 e. The van der Waals surface area contributed by atoms with Gasteiger partial charge in [0.2, 0.25) is 0 Å². The zero-order chi connectivity index (χ0) is 18.2. The summed E-state index contributed by atoms with van der Waals surface area (Å²) in [5.41, 5.74) is 3.14. The maximum atomic E-state index is 12.2. The number of amides is 1. The molecule has 0 saturated carbocycles. The fourth-order valence-corrected chi connectivity index (χ4v) is 2.95. The number of nitrogens with zero attached hydrogens (tertiary/aromatic N) is 2. The summed E-state index contributed by atoms with van der Waals surface area (Å²) >= 11 is 0. The number of likely N-dealkylation sites (N-methyl/N-ethyl adjacent to an activating group) is 1. The van der Waals surface area contributed by atoms with Gasteiger partial charge in [-0.3, -0.25) is 4.79 Å². The Kier molecular flexibility index (Phi) is 7.47. The molecule has 0 spiro atoms. The standard InChI is InChI=1S/C20H31N3O2/c1-5-7-14-25-17(4)20(24)21-19-9-8-18(15-16(19)3)23-12-10-22(6-2)11-13-23/h5,8-9,15,17H,1,6-7,10-14H2,2-4H3,(H,21,24). The summed E-state index contributed by atoms with van der Waals surface area (Å²) in [6, 6.07) is 6.24. The maximum absolute atomic E-state index is 12.2. The van der Waals surface area contributed by atoms with E-state index in [1.165, 1.54) is 5.69 Å². The molecule has 1 atom stereocenters. The number of ether oxygens (including phenoxy) is 1. The zero-order valence-electron chi connectivity index (χ0n) is 15.8. The summed E-state index contributed by atoms with van der Waals surface area (Å²) in [5, 5.41) is 2.97. The third kappa shape index (κ3) is 5.58. The van der Waals surface area contributed by atoms with Crippen molar-refractivity contribution in [2.24, 2.45) is 0 Å². The van der Waals surface area contributed by atoms with Gasteiger partial charge in [0.15, 0.2) is 0 Å². The van der Waals surface area contributed by atoms with Gasteiger partial charge in [-0.15, -0.1) is 6.58 Å². The predicted octanol–water partition coefficient (Wildman–Crippen LogP) is 3.06. The molecule has 5 nitrogen and oxygen atoms in total. The first-order chi connectivity index (χ1) is 12.0. The fourth-order valence-electron chi connectivity index (χ4n) is 2.95. The van der Waals surface area contributed by atoms with Crippen LogP contribution in [0.5, 0.6) is 0 Å². The van der Waals surface area contributed by atoms with E-state index in [0.29, 0.717) is 6.61 Å². The van der Waals surface area contributed by atoms with Crippen LogP contribution in [-0.4, -0.2) is 56.2 Å². The number of piperazine rings is 1. The van der Waals surface area contributed by atoms with Gasteiger partial charge < -0.3 is 19.9 Å². The third-order valence-electron chi connectivity index (χ3n) is 4.71. The Hall–Kier alpha value is -1.85. The van der Waals surface area contributed by atoms with E-state index in [-0.39, 0.29) is 5.91 Å². The maximum Gasteiger partial charge on any atom is 0.253 e. The van der Waals surface area contributed by atoms with Crippen molar-refractivity contribution >= 4 is 17.3 Å². The molecule has 0 aliphatic carbocycles. The number of aryl methyl sites for hydroxylation is 1. The Balaban J connectivity index is 1.93. The summed E-state index contributed by atoms with van der Waals surface area (Å²) < 4.78 is 5.50. The second-order valence-electron chi connectivity index (χ2n) is 6.50. The Morgan fingerprint density at radius 1 is 1.36 bits per heavy atom. The number of hydrogen-bond acceptors (Lipinski definition) is 4. The van der Waals surface area contributed by atoms with E-state index in [0.717, 1.165) is 50.4 Å². The summed E-state index contributed by atoms with van der Waals surface area (Å²) in [4.78, 5) is 17.1. The Morgan fingerprint density at radius 2 is 2.08 bits per heavy atom. The predicted molar refractivity (Wildman–Crippen MR) is 104 cm³/mol. The number of anilines is 2. The molecule has 2 rings (SSSR count). The van der Waals surface area contributed by atoms with E-state index in [4.69, 9.17) is 4.74 Å². The summed E-state index contributed by atoms with van der Waals surface area (Å²) in [6.07, 6.45) is 2.06. The van der Waals surface area contributed by atoms with Crippen LogP contribution in [0.15, 0.2) is 30.9 Å². The van der Waals surface area contributed by atoms with E-state index in [2.05, 4.69) is 40.8 Å². The molecule has 1 N–H and O–H groups in total. The molecule has 1 aromatic rings. The van der Waals surface area contributed by atoms with Gasteiger partial charge in [0.1, 0.15) is 6.10 Å². The topological polar surface area (TPSA) is 44.8 Å². The molecule has 1 aromatic carbocycles. The van der Waals surface area contributed by atoms with Gasteiger partial charge in [0, 0.05) is 37.6 Å². The highest BCUT2D eigenvalue weighted by Crippen LogP contribution is 2.24. The van der Waals surface area contributed by atoms with Crippen molar-refractivity contribution in [2.75, 3.05) is 49.5 Å². The molecule has 1 fully saturated rings. The SMILES string of the molecule is C=CCCOC(C)C(=O)Nc1ccc(N2CCN(CC)CC2)cc1C. The molecule has 138 valence electrons. The minimum atomic E-state index is -0.471. The van der Waals surface area contributed by atoms with Gasteiger partial charge >= 0.3 is 0 Å². The third-order valence-corrected chi connectivity index (χ3v) is 4.71. The van der Waals surface area contributed by atoms with E-state index in [1.54, 1.807) is 13.0 Å². The lowest BCUT2D eigenvalue weighted by Gasteiger charge is -2.35. The van der Waals surface area contributed by atoms with E-state index in [9.17, 15) is 4.79 Å². The molecule has 5 heteroatoms. The average Bonchev–Trinajstić information content (AvgIpc) is 2.63. The summed E-state index contributed by atoms with van der Waals surface area (Å²) in [6.45, 7) is 15.6. The van der Waals surface area contributed by atoms with E-state index >= 15 is 0 Å². The van der Waals surface area contributed by atoms with Gasteiger partial charge in [-0.2, -0.15) is 0 Å².